The lowest BCUT2D eigenvalue weighted by Gasteiger charge is -2.24. The number of thioether (sulfide) groups is 1. The molecule has 1 atom stereocenters. The average Bonchev–Trinajstić information content (AvgIpc) is 2.87. The van der Waals surface area contributed by atoms with Crippen LogP contribution in [-0.2, 0) is 0 Å². The highest BCUT2D eigenvalue weighted by atomic mass is 32.2. The molecule has 1 aliphatic heterocycles. The Hall–Kier alpha value is -1.76. The first-order valence-corrected chi connectivity index (χ1v) is 7.56. The normalized spacial score (nSPS) is 18.2. The molecule has 0 unspecified atom stereocenters. The van der Waals surface area contributed by atoms with Crippen molar-refractivity contribution in [3.05, 3.63) is 33.9 Å². The predicted molar refractivity (Wildman–Crippen MR) is 79.7 cm³/mol. The van der Waals surface area contributed by atoms with Crippen LogP contribution in [0.1, 0.15) is 30.1 Å². The summed E-state index contributed by atoms with van der Waals surface area (Å²) in [6, 6.07) is 4.00. The van der Waals surface area contributed by atoms with Gasteiger partial charge in [0, 0.05) is 30.1 Å². The van der Waals surface area contributed by atoms with Crippen LogP contribution in [0.5, 0.6) is 0 Å². The molecule has 108 valence electrons. The minimum Gasteiger partial charge on any atom is -0.398 e. The second-order valence-corrected chi connectivity index (χ2v) is 5.93. The molecule has 0 aromatic heterocycles. The van der Waals surface area contributed by atoms with E-state index in [4.69, 9.17) is 5.73 Å². The fraction of sp³-hybridized carbons (Fsp3) is 0.462. The van der Waals surface area contributed by atoms with E-state index in [9.17, 15) is 14.9 Å². The molecule has 1 aliphatic rings. The maximum atomic E-state index is 12.5. The van der Waals surface area contributed by atoms with Crippen LogP contribution in [0, 0.1) is 10.1 Å². The van der Waals surface area contributed by atoms with Crippen molar-refractivity contribution in [3.63, 3.8) is 0 Å². The number of nitrogens with two attached hydrogens (primary N) is 1. The molecule has 2 N–H and O–H groups in total. The third kappa shape index (κ3) is 2.87. The first kappa shape index (κ1) is 14.6. The van der Waals surface area contributed by atoms with Gasteiger partial charge in [-0.2, -0.15) is 0 Å². The van der Waals surface area contributed by atoms with Gasteiger partial charge < -0.3 is 10.6 Å². The summed E-state index contributed by atoms with van der Waals surface area (Å²) in [4.78, 5) is 24.6. The molecule has 1 aromatic carbocycles. The first-order chi connectivity index (χ1) is 9.54. The number of nitro groups is 1. The number of hydrogen-bond donors (Lipinski definition) is 1. The third-order valence-corrected chi connectivity index (χ3v) is 4.56. The molecular formula is C13H17N3O3S. The number of non-ortho nitro benzene ring substituents is 1. The van der Waals surface area contributed by atoms with Crippen molar-refractivity contribution in [2.75, 3.05) is 18.0 Å². The van der Waals surface area contributed by atoms with Crippen molar-refractivity contribution >= 4 is 29.0 Å². The Bertz CT molecular complexity index is 536. The minimum atomic E-state index is -0.515. The number of nitro benzene ring substituents is 1. The molecule has 7 heteroatoms. The van der Waals surface area contributed by atoms with Gasteiger partial charge in [0.2, 0.25) is 0 Å². The Balaban J connectivity index is 2.28. The van der Waals surface area contributed by atoms with Gasteiger partial charge in [-0.15, -0.1) is 11.8 Å². The monoisotopic (exact) mass is 295 g/mol. The van der Waals surface area contributed by atoms with E-state index in [1.165, 1.54) is 18.2 Å². The van der Waals surface area contributed by atoms with E-state index in [1.807, 2.05) is 0 Å². The fourth-order valence-corrected chi connectivity index (χ4v) is 3.59. The first-order valence-electron chi connectivity index (χ1n) is 6.51. The van der Waals surface area contributed by atoms with E-state index in [1.54, 1.807) is 16.7 Å². The zero-order valence-corrected chi connectivity index (χ0v) is 12.1. The Morgan fingerprint density at radius 3 is 3.00 bits per heavy atom. The van der Waals surface area contributed by atoms with Crippen LogP contribution in [0.15, 0.2) is 18.2 Å². The van der Waals surface area contributed by atoms with Crippen LogP contribution in [0.3, 0.4) is 0 Å². The maximum Gasteiger partial charge on any atom is 0.270 e. The maximum absolute atomic E-state index is 12.5. The number of nitrogen functional groups attached to an aromatic ring is 1. The molecule has 1 aromatic rings. The van der Waals surface area contributed by atoms with Crippen molar-refractivity contribution < 1.29 is 9.72 Å². The lowest BCUT2D eigenvalue weighted by atomic mass is 10.1. The van der Waals surface area contributed by atoms with E-state index in [2.05, 4.69) is 6.92 Å². The van der Waals surface area contributed by atoms with Crippen LogP contribution in [0.25, 0.3) is 0 Å². The Morgan fingerprint density at radius 1 is 1.60 bits per heavy atom. The molecule has 1 heterocycles. The number of carbonyl (C=O) groups is 1. The molecule has 0 bridgehead atoms. The van der Waals surface area contributed by atoms with Gasteiger partial charge in [0.15, 0.2) is 0 Å². The van der Waals surface area contributed by atoms with Gasteiger partial charge in [-0.25, -0.2) is 0 Å². The summed E-state index contributed by atoms with van der Waals surface area (Å²) in [7, 11) is 0. The number of rotatable bonds is 4. The van der Waals surface area contributed by atoms with E-state index < -0.39 is 4.92 Å². The SMILES string of the molecule is CCC[C@H]1SCCN1C(=O)c1cc([N+](=O)[O-])ccc1N. The number of benzene rings is 1. The zero-order valence-electron chi connectivity index (χ0n) is 11.2. The molecule has 6 nitrogen and oxygen atoms in total. The minimum absolute atomic E-state index is 0.110. The molecule has 0 spiro atoms. The van der Waals surface area contributed by atoms with E-state index >= 15 is 0 Å². The van der Waals surface area contributed by atoms with Gasteiger partial charge in [-0.3, -0.25) is 14.9 Å². The number of carbonyl (C=O) groups excluding carboxylic acids is 1. The number of amides is 1. The average molecular weight is 295 g/mol. The Kier molecular flexibility index (Phi) is 4.49. The highest BCUT2D eigenvalue weighted by Gasteiger charge is 2.30. The van der Waals surface area contributed by atoms with E-state index in [0.717, 1.165) is 18.6 Å². The zero-order chi connectivity index (χ0) is 14.7. The summed E-state index contributed by atoms with van der Waals surface area (Å²) >= 11 is 1.74. The van der Waals surface area contributed by atoms with Crippen LogP contribution in [-0.4, -0.2) is 33.4 Å². The molecule has 1 saturated heterocycles. The summed E-state index contributed by atoms with van der Waals surface area (Å²) in [5.41, 5.74) is 6.20. The fourth-order valence-electron chi connectivity index (χ4n) is 2.24. The predicted octanol–water partition coefficient (Wildman–Crippen LogP) is 2.49. The highest BCUT2D eigenvalue weighted by Crippen LogP contribution is 2.30. The largest absolute Gasteiger partial charge is 0.398 e. The van der Waals surface area contributed by atoms with Gasteiger partial charge >= 0.3 is 0 Å². The summed E-state index contributed by atoms with van der Waals surface area (Å²) in [5.74, 6) is 0.681. The number of anilines is 1. The quantitative estimate of drug-likeness (QED) is 0.523. The number of nitrogens with zero attached hydrogens (tertiary/aromatic N) is 2. The molecule has 0 aliphatic carbocycles. The molecule has 0 saturated carbocycles. The van der Waals surface area contributed by atoms with E-state index in [-0.39, 0.29) is 28.2 Å². The summed E-state index contributed by atoms with van der Waals surface area (Å²) in [5, 5.41) is 11.0. The molecule has 2 rings (SSSR count). The number of hydrogen-bond acceptors (Lipinski definition) is 5. The van der Waals surface area contributed by atoms with E-state index in [0.29, 0.717) is 6.54 Å². The van der Waals surface area contributed by atoms with Gasteiger partial charge in [0.1, 0.15) is 0 Å². The third-order valence-electron chi connectivity index (χ3n) is 3.26. The Labute approximate surface area is 121 Å². The standard InChI is InChI=1S/C13H17N3O3S/c1-2-3-12-15(6-7-20-12)13(17)10-8-9(16(18)19)4-5-11(10)14/h4-5,8,12H,2-3,6-7,14H2,1H3/t12-/m1/s1. The van der Waals surface area contributed by atoms with Gasteiger partial charge in [0.25, 0.3) is 11.6 Å². The lowest BCUT2D eigenvalue weighted by molar-refractivity contribution is -0.384. The topological polar surface area (TPSA) is 89.5 Å². The van der Waals surface area contributed by atoms with Crippen LogP contribution in [0.4, 0.5) is 11.4 Å². The summed E-state index contributed by atoms with van der Waals surface area (Å²) < 4.78 is 0. The summed E-state index contributed by atoms with van der Waals surface area (Å²) in [6.07, 6.45) is 1.91. The van der Waals surface area contributed by atoms with Crippen LogP contribution < -0.4 is 5.73 Å². The van der Waals surface area contributed by atoms with Crippen LogP contribution >= 0.6 is 11.8 Å². The second-order valence-electron chi connectivity index (χ2n) is 4.64. The van der Waals surface area contributed by atoms with Crippen molar-refractivity contribution in [1.82, 2.24) is 4.90 Å². The summed E-state index contributed by atoms with van der Waals surface area (Å²) in [6.45, 7) is 2.74. The van der Waals surface area contributed by atoms with Crippen molar-refractivity contribution in [2.24, 2.45) is 0 Å². The van der Waals surface area contributed by atoms with Gasteiger partial charge in [-0.1, -0.05) is 13.3 Å². The second kappa shape index (κ2) is 6.13. The molecule has 0 radical (unpaired) electrons. The molecular weight excluding hydrogens is 278 g/mol. The van der Waals surface area contributed by atoms with Gasteiger partial charge in [-0.05, 0) is 12.5 Å². The Morgan fingerprint density at radius 2 is 2.35 bits per heavy atom. The lowest BCUT2D eigenvalue weighted by Crippen LogP contribution is -2.35. The molecule has 20 heavy (non-hydrogen) atoms. The van der Waals surface area contributed by atoms with Crippen LogP contribution in [0.2, 0.25) is 0 Å². The van der Waals surface area contributed by atoms with Crippen molar-refractivity contribution in [3.8, 4) is 0 Å². The van der Waals surface area contributed by atoms with Crippen molar-refractivity contribution in [1.29, 1.82) is 0 Å². The smallest absolute Gasteiger partial charge is 0.270 e. The van der Waals surface area contributed by atoms with Gasteiger partial charge in [0.05, 0.1) is 15.9 Å². The highest BCUT2D eigenvalue weighted by molar-refractivity contribution is 8.00. The molecule has 1 fully saturated rings. The van der Waals surface area contributed by atoms with Crippen molar-refractivity contribution in [2.45, 2.75) is 25.1 Å². The molecule has 1 amide bonds.